The zero-order valence-electron chi connectivity index (χ0n) is 25.6. The van der Waals surface area contributed by atoms with Gasteiger partial charge in [-0.15, -0.1) is 0 Å². The summed E-state index contributed by atoms with van der Waals surface area (Å²) in [7, 11) is 0.883. The molecule has 222 valence electrons. The Balaban J connectivity index is 0.000000609. The fourth-order valence-corrected chi connectivity index (χ4v) is 10.8. The first-order valence-electron chi connectivity index (χ1n) is 15.1. The number of hydrogen-bond donors (Lipinski definition) is 0. The van der Waals surface area contributed by atoms with Crippen LogP contribution in [-0.4, -0.2) is 17.8 Å². The monoisotopic (exact) mass is 661 g/mol. The molecule has 0 spiro atoms. The molecule has 0 amide bonds. The van der Waals surface area contributed by atoms with E-state index in [2.05, 4.69) is 171 Å². The molecule has 0 saturated heterocycles. The molecule has 45 heavy (non-hydrogen) atoms. The van der Waals surface area contributed by atoms with E-state index in [-0.39, 0.29) is 23.1 Å². The van der Waals surface area contributed by atoms with E-state index in [0.29, 0.717) is 0 Å². The molecule has 0 heterocycles. The predicted octanol–water partition coefficient (Wildman–Crippen LogP) is 8.39. The van der Waals surface area contributed by atoms with Gasteiger partial charge in [0, 0.05) is 25.7 Å². The van der Waals surface area contributed by atoms with E-state index in [4.69, 9.17) is 0 Å². The van der Waals surface area contributed by atoms with Crippen LogP contribution in [-0.2, 0) is 17.1 Å². The van der Waals surface area contributed by atoms with E-state index in [1.165, 1.54) is 43.6 Å². The third-order valence-electron chi connectivity index (χ3n) is 7.97. The van der Waals surface area contributed by atoms with Gasteiger partial charge in [0.25, 0.3) is 0 Å². The quantitative estimate of drug-likeness (QED) is 0.119. The minimum Gasteiger partial charge on any atom is -0.274 e. The van der Waals surface area contributed by atoms with Gasteiger partial charge in [0.1, 0.15) is 0 Å². The van der Waals surface area contributed by atoms with Crippen LogP contribution in [0.5, 0.6) is 0 Å². The van der Waals surface area contributed by atoms with Crippen LogP contribution in [0.3, 0.4) is 0 Å². The Morgan fingerprint density at radius 2 is 1.00 bits per heavy atom. The van der Waals surface area contributed by atoms with Crippen molar-refractivity contribution < 1.29 is 17.1 Å². The zero-order valence-corrected chi connectivity index (χ0v) is 28.5. The number of benzene rings is 5. The van der Waals surface area contributed by atoms with Crippen LogP contribution in [0, 0.1) is 62.9 Å². The molecule has 10 radical (unpaired) electrons. The standard InChI is InChI=1S/C36H32NP2.C5H5.Fe/c1-28(37(2)39(31-20-8-4-9-21-31)32-22-10-5-11-23-32)33-25-15-27-35(33)38(30-18-6-3-7-19-30)36-26-14-17-29-16-12-13-24-34(29)36;1-2-4-5-3-1;/h3-28H,1-2H3;1-5H;/q;;+2/t28-,38-;;/m1../s1. The Kier molecular flexibility index (Phi) is 12.9. The fourth-order valence-electron chi connectivity index (χ4n) is 5.72. The van der Waals surface area contributed by atoms with Gasteiger partial charge < -0.3 is 0 Å². The van der Waals surface area contributed by atoms with Crippen molar-refractivity contribution in [1.82, 2.24) is 4.67 Å². The van der Waals surface area contributed by atoms with Gasteiger partial charge >= 0.3 is 17.1 Å². The summed E-state index contributed by atoms with van der Waals surface area (Å²) in [6, 6.07) is 48.9. The summed E-state index contributed by atoms with van der Waals surface area (Å²) < 4.78 is 2.60. The topological polar surface area (TPSA) is 3.24 Å². The van der Waals surface area contributed by atoms with Crippen molar-refractivity contribution in [3.8, 4) is 0 Å². The Morgan fingerprint density at radius 1 is 0.511 bits per heavy atom. The zero-order chi connectivity index (χ0) is 30.1. The van der Waals surface area contributed by atoms with Gasteiger partial charge in [-0.3, -0.25) is 4.67 Å². The molecule has 0 unspecified atom stereocenters. The van der Waals surface area contributed by atoms with Gasteiger partial charge in [0.2, 0.25) is 0 Å². The molecular weight excluding hydrogens is 624 g/mol. The van der Waals surface area contributed by atoms with Crippen LogP contribution in [0.15, 0.2) is 133 Å². The second-order valence-electron chi connectivity index (χ2n) is 10.7. The molecule has 2 aliphatic rings. The van der Waals surface area contributed by atoms with Crippen LogP contribution in [0.25, 0.3) is 10.8 Å². The van der Waals surface area contributed by atoms with E-state index in [1.807, 2.05) is 32.1 Å². The molecule has 7 rings (SSSR count). The molecule has 2 atom stereocenters. The van der Waals surface area contributed by atoms with Crippen molar-refractivity contribution in [2.45, 2.75) is 13.0 Å². The minimum absolute atomic E-state index is 0. The molecule has 4 heteroatoms. The minimum atomic E-state index is -0.734. The Labute approximate surface area is 284 Å². The largest absolute Gasteiger partial charge is 2.00 e. The summed E-state index contributed by atoms with van der Waals surface area (Å²) in [6.07, 6.45) is 17.0. The molecular formula is C41H37FeNP2+2. The summed E-state index contributed by atoms with van der Waals surface area (Å²) in [6.45, 7) is 2.38. The molecule has 2 saturated carbocycles. The van der Waals surface area contributed by atoms with Crippen LogP contribution < -0.4 is 21.2 Å². The van der Waals surface area contributed by atoms with Gasteiger partial charge in [0.05, 0.1) is 0 Å². The molecule has 5 aromatic rings. The summed E-state index contributed by atoms with van der Waals surface area (Å²) in [5, 5.41) is 8.21. The maximum Gasteiger partial charge on any atom is 2.00 e. The van der Waals surface area contributed by atoms with Crippen LogP contribution in [0.1, 0.15) is 6.92 Å². The van der Waals surface area contributed by atoms with E-state index in [0.717, 1.165) is 0 Å². The normalized spacial score (nSPS) is 16.7. The third kappa shape index (κ3) is 8.17. The SMILES string of the molecule is C[C@H]([C]1[CH][CH][CH][C]1[P@@](c1ccccc1)c1cccc2ccccc12)N(C)P(c1ccccc1)c1ccccc1.[CH]1[CH][CH][CH][CH]1.[Fe+2]. The first-order chi connectivity index (χ1) is 21.7. The Bertz CT molecular complexity index is 1520. The maximum atomic E-state index is 2.60. The van der Waals surface area contributed by atoms with Crippen molar-refractivity contribution in [3.05, 3.63) is 196 Å². The van der Waals surface area contributed by atoms with Gasteiger partial charge in [0.15, 0.2) is 0 Å². The van der Waals surface area contributed by atoms with E-state index >= 15 is 0 Å². The summed E-state index contributed by atoms with van der Waals surface area (Å²) in [5.41, 5.74) is 1.45. The molecule has 0 aromatic heterocycles. The average Bonchev–Trinajstić information content (AvgIpc) is 3.83. The molecule has 0 aliphatic heterocycles. The van der Waals surface area contributed by atoms with E-state index in [9.17, 15) is 0 Å². The van der Waals surface area contributed by atoms with Gasteiger partial charge in [-0.1, -0.05) is 133 Å². The van der Waals surface area contributed by atoms with Crippen LogP contribution >= 0.6 is 16.0 Å². The van der Waals surface area contributed by atoms with Crippen molar-refractivity contribution in [2.75, 3.05) is 7.05 Å². The van der Waals surface area contributed by atoms with Crippen molar-refractivity contribution in [2.24, 2.45) is 0 Å². The molecule has 5 aromatic carbocycles. The second-order valence-corrected chi connectivity index (χ2v) is 15.2. The average molecular weight is 662 g/mol. The molecule has 1 nitrogen and oxygen atoms in total. The maximum absolute atomic E-state index is 2.60. The van der Waals surface area contributed by atoms with Crippen LogP contribution in [0.4, 0.5) is 0 Å². The van der Waals surface area contributed by atoms with Gasteiger partial charge in [-0.05, 0) is 105 Å². The van der Waals surface area contributed by atoms with Crippen LogP contribution in [0.2, 0.25) is 0 Å². The number of fused-ring (bicyclic) bond motifs is 1. The molecule has 2 fully saturated rings. The number of nitrogens with zero attached hydrogens (tertiary/aromatic N) is 1. The Hall–Kier alpha value is -2.30. The predicted molar refractivity (Wildman–Crippen MR) is 194 cm³/mol. The summed E-state index contributed by atoms with van der Waals surface area (Å²) >= 11 is 0. The van der Waals surface area contributed by atoms with E-state index < -0.39 is 16.0 Å². The Morgan fingerprint density at radius 3 is 1.58 bits per heavy atom. The molecule has 2 aliphatic carbocycles. The fraction of sp³-hybridized carbons (Fsp3) is 0.0732. The van der Waals surface area contributed by atoms with Crippen molar-refractivity contribution in [3.63, 3.8) is 0 Å². The number of hydrogen-bond acceptors (Lipinski definition) is 1. The third-order valence-corrected chi connectivity index (χ3v) is 13.1. The van der Waals surface area contributed by atoms with Gasteiger partial charge in [-0.2, -0.15) is 0 Å². The van der Waals surface area contributed by atoms with Gasteiger partial charge in [-0.25, -0.2) is 0 Å². The second kappa shape index (κ2) is 17.0. The van der Waals surface area contributed by atoms with Crippen molar-refractivity contribution in [1.29, 1.82) is 0 Å². The summed E-state index contributed by atoms with van der Waals surface area (Å²) in [5.74, 6) is 1.42. The summed E-state index contributed by atoms with van der Waals surface area (Å²) in [4.78, 5) is 0. The first kappa shape index (κ1) is 34.0. The van der Waals surface area contributed by atoms with E-state index in [1.54, 1.807) is 0 Å². The molecule has 0 bridgehead atoms. The number of rotatable bonds is 8. The molecule has 0 N–H and O–H groups in total. The first-order valence-corrected chi connectivity index (χ1v) is 17.7. The smallest absolute Gasteiger partial charge is 0.274 e. The van der Waals surface area contributed by atoms with Crippen molar-refractivity contribution >= 4 is 48.0 Å².